The Bertz CT molecular complexity index is 2140. The van der Waals surface area contributed by atoms with Crippen LogP contribution in [0.15, 0.2) is 176 Å². The van der Waals surface area contributed by atoms with E-state index in [1.165, 1.54) is 55.9 Å². The maximum atomic E-state index is 2.58. The van der Waals surface area contributed by atoms with E-state index in [4.69, 9.17) is 0 Å². The fourth-order valence-electron chi connectivity index (χ4n) is 7.87. The summed E-state index contributed by atoms with van der Waals surface area (Å²) >= 11 is 0. The molecule has 1 atom stereocenters. The van der Waals surface area contributed by atoms with Crippen LogP contribution in [0.1, 0.15) is 18.1 Å². The van der Waals surface area contributed by atoms with Crippen molar-refractivity contribution in [2.45, 2.75) is 25.3 Å². The number of para-hydroxylation sites is 1. The molecule has 0 amide bonds. The molecule has 2 aliphatic heterocycles. The summed E-state index contributed by atoms with van der Waals surface area (Å²) in [6, 6.07) is 63.9. The highest BCUT2D eigenvalue weighted by atomic mass is 15.2. The Morgan fingerprint density at radius 1 is 0.396 bits per heavy atom. The number of rotatable bonds is 6. The molecule has 0 saturated carbocycles. The molecule has 9 rings (SSSR count). The van der Waals surface area contributed by atoms with Crippen LogP contribution in [0.25, 0.3) is 33.4 Å². The van der Waals surface area contributed by atoms with E-state index in [9.17, 15) is 0 Å². The van der Waals surface area contributed by atoms with Gasteiger partial charge in [-0.2, -0.15) is 0 Å². The van der Waals surface area contributed by atoms with Crippen molar-refractivity contribution in [2.75, 3.05) is 9.80 Å². The van der Waals surface area contributed by atoms with Crippen LogP contribution in [-0.4, -0.2) is 5.54 Å². The van der Waals surface area contributed by atoms with Gasteiger partial charge in [-0.15, -0.1) is 0 Å². The molecule has 0 aromatic heterocycles. The predicted molar refractivity (Wildman–Crippen MR) is 202 cm³/mol. The zero-order valence-electron chi connectivity index (χ0n) is 27.1. The van der Waals surface area contributed by atoms with Crippen LogP contribution >= 0.6 is 0 Å². The number of hydrogen-bond donors (Lipinski definition) is 0. The molecule has 2 nitrogen and oxygen atoms in total. The fourth-order valence-corrected chi connectivity index (χ4v) is 7.87. The molecule has 0 N–H and O–H groups in total. The molecule has 0 radical (unpaired) electrons. The molecule has 2 aliphatic rings. The van der Waals surface area contributed by atoms with Crippen LogP contribution in [0, 0.1) is 0 Å². The summed E-state index contributed by atoms with van der Waals surface area (Å²) in [4.78, 5) is 4.93. The molecule has 0 aliphatic carbocycles. The van der Waals surface area contributed by atoms with E-state index in [1.807, 2.05) is 0 Å². The normalized spacial score (nSPS) is 15.9. The molecule has 0 bridgehead atoms. The molecule has 2 heteroatoms. The SMILES string of the molecule is CC12Cc3ccccc3N1c1ccc(-c3ccc(N(c4ccc(-c5ccccc5)cc4)c4ccc(-c5ccccc5)cc4)cc3)cc1C2. The maximum absolute atomic E-state index is 2.58. The van der Waals surface area contributed by atoms with Gasteiger partial charge in [0.05, 0.1) is 5.54 Å². The smallest absolute Gasteiger partial charge is 0.0505 e. The standard InChI is InChI=1S/C46H36N2/c1-46-31-39-14-8-9-15-44(39)48(46)45-29-22-38(30-40(45)32-46)37-20-27-43(28-21-37)47(41-23-16-35(17-24-41)33-10-4-2-5-11-33)42-25-18-36(19-26-42)34-12-6-3-7-13-34/h2-30H,31-32H2,1H3. The lowest BCUT2D eigenvalue weighted by atomic mass is 9.91. The average Bonchev–Trinajstić information content (AvgIpc) is 3.61. The molecule has 1 unspecified atom stereocenters. The van der Waals surface area contributed by atoms with E-state index in [-0.39, 0.29) is 5.54 Å². The van der Waals surface area contributed by atoms with Gasteiger partial charge in [0.1, 0.15) is 0 Å². The zero-order chi connectivity index (χ0) is 32.1. The molecular formula is C46H36N2. The van der Waals surface area contributed by atoms with Crippen molar-refractivity contribution in [1.82, 2.24) is 0 Å². The monoisotopic (exact) mass is 616 g/mol. The van der Waals surface area contributed by atoms with Gasteiger partial charge in [0, 0.05) is 28.4 Å². The molecule has 0 saturated heterocycles. The lowest BCUT2D eigenvalue weighted by molar-refractivity contribution is 0.507. The van der Waals surface area contributed by atoms with Gasteiger partial charge >= 0.3 is 0 Å². The summed E-state index contributed by atoms with van der Waals surface area (Å²) in [6.07, 6.45) is 2.16. The fraction of sp³-hybridized carbons (Fsp3) is 0.0870. The van der Waals surface area contributed by atoms with Crippen LogP contribution < -0.4 is 9.80 Å². The Morgan fingerprint density at radius 3 is 1.33 bits per heavy atom. The Hall–Kier alpha value is -5.86. The van der Waals surface area contributed by atoms with Crippen molar-refractivity contribution in [3.63, 3.8) is 0 Å². The minimum atomic E-state index is 0.112. The molecular weight excluding hydrogens is 581 g/mol. The molecule has 7 aromatic carbocycles. The Balaban J connectivity index is 1.05. The van der Waals surface area contributed by atoms with Crippen LogP contribution in [0.2, 0.25) is 0 Å². The maximum Gasteiger partial charge on any atom is 0.0505 e. The molecule has 0 fully saturated rings. The Morgan fingerprint density at radius 2 is 0.792 bits per heavy atom. The number of hydrogen-bond acceptors (Lipinski definition) is 2. The van der Waals surface area contributed by atoms with Gasteiger partial charge in [-0.25, -0.2) is 0 Å². The third-order valence-corrected chi connectivity index (χ3v) is 10.2. The molecule has 2 heterocycles. The van der Waals surface area contributed by atoms with Gasteiger partial charge in [-0.1, -0.05) is 121 Å². The first-order valence-electron chi connectivity index (χ1n) is 16.9. The third kappa shape index (κ3) is 4.89. The lowest BCUT2D eigenvalue weighted by Gasteiger charge is -2.30. The Labute approximate surface area is 283 Å². The number of fused-ring (bicyclic) bond motifs is 5. The second kappa shape index (κ2) is 11.4. The van der Waals surface area contributed by atoms with Crippen molar-refractivity contribution < 1.29 is 0 Å². The van der Waals surface area contributed by atoms with Gasteiger partial charge < -0.3 is 9.80 Å². The quantitative estimate of drug-likeness (QED) is 0.183. The van der Waals surface area contributed by atoms with E-state index >= 15 is 0 Å². The van der Waals surface area contributed by atoms with Gasteiger partial charge in [-0.05, 0) is 119 Å². The molecule has 7 aromatic rings. The lowest BCUT2D eigenvalue weighted by Crippen LogP contribution is -2.37. The van der Waals surface area contributed by atoms with Gasteiger partial charge in [0.25, 0.3) is 0 Å². The first-order chi connectivity index (χ1) is 23.6. The van der Waals surface area contributed by atoms with Crippen molar-refractivity contribution in [3.8, 4) is 33.4 Å². The summed E-state index contributed by atoms with van der Waals surface area (Å²) in [5.74, 6) is 0. The van der Waals surface area contributed by atoms with Crippen molar-refractivity contribution in [2.24, 2.45) is 0 Å². The van der Waals surface area contributed by atoms with E-state index < -0.39 is 0 Å². The number of nitrogens with zero attached hydrogens (tertiary/aromatic N) is 2. The van der Waals surface area contributed by atoms with Gasteiger partial charge in [0.15, 0.2) is 0 Å². The highest BCUT2D eigenvalue weighted by Crippen LogP contribution is 2.52. The van der Waals surface area contributed by atoms with E-state index in [1.54, 1.807) is 0 Å². The molecule has 230 valence electrons. The average molecular weight is 617 g/mol. The van der Waals surface area contributed by atoms with Crippen LogP contribution in [0.3, 0.4) is 0 Å². The first kappa shape index (κ1) is 28.4. The van der Waals surface area contributed by atoms with Crippen LogP contribution in [0.5, 0.6) is 0 Å². The highest BCUT2D eigenvalue weighted by molar-refractivity contribution is 5.83. The number of anilines is 5. The van der Waals surface area contributed by atoms with E-state index in [0.717, 1.165) is 29.9 Å². The minimum absolute atomic E-state index is 0.112. The largest absolute Gasteiger partial charge is 0.334 e. The van der Waals surface area contributed by atoms with Crippen LogP contribution in [-0.2, 0) is 12.8 Å². The van der Waals surface area contributed by atoms with Crippen molar-refractivity contribution in [1.29, 1.82) is 0 Å². The van der Waals surface area contributed by atoms with Crippen molar-refractivity contribution in [3.05, 3.63) is 187 Å². The second-order valence-corrected chi connectivity index (χ2v) is 13.4. The van der Waals surface area contributed by atoms with Gasteiger partial charge in [-0.3, -0.25) is 0 Å². The summed E-state index contributed by atoms with van der Waals surface area (Å²) < 4.78 is 0. The van der Waals surface area contributed by atoms with E-state index in [0.29, 0.717) is 0 Å². The van der Waals surface area contributed by atoms with E-state index in [2.05, 4.69) is 193 Å². The molecule has 48 heavy (non-hydrogen) atoms. The minimum Gasteiger partial charge on any atom is -0.334 e. The summed E-state index contributed by atoms with van der Waals surface area (Å²) in [7, 11) is 0. The Kier molecular flexibility index (Phi) is 6.76. The third-order valence-electron chi connectivity index (χ3n) is 10.2. The summed E-state index contributed by atoms with van der Waals surface area (Å²) in [5.41, 5.74) is 16.5. The summed E-state index contributed by atoms with van der Waals surface area (Å²) in [6.45, 7) is 2.41. The predicted octanol–water partition coefficient (Wildman–Crippen LogP) is 12.2. The molecule has 0 spiro atoms. The topological polar surface area (TPSA) is 6.48 Å². The zero-order valence-corrected chi connectivity index (χ0v) is 27.1. The second-order valence-electron chi connectivity index (χ2n) is 13.4. The summed E-state index contributed by atoms with van der Waals surface area (Å²) in [5, 5.41) is 0. The van der Waals surface area contributed by atoms with Crippen LogP contribution in [0.4, 0.5) is 28.4 Å². The first-order valence-corrected chi connectivity index (χ1v) is 16.9. The van der Waals surface area contributed by atoms with Crippen molar-refractivity contribution >= 4 is 28.4 Å². The number of benzene rings is 7. The van der Waals surface area contributed by atoms with Gasteiger partial charge in [0.2, 0.25) is 0 Å². The highest BCUT2D eigenvalue weighted by Gasteiger charge is 2.46.